The van der Waals surface area contributed by atoms with Crippen LogP contribution < -0.4 is 0 Å². The largest absolute Gasteiger partial charge is 0.481 e. The zero-order valence-electron chi connectivity index (χ0n) is 12.9. The van der Waals surface area contributed by atoms with Crippen molar-refractivity contribution in [3.63, 3.8) is 0 Å². The van der Waals surface area contributed by atoms with E-state index in [-0.39, 0.29) is 11.8 Å². The van der Waals surface area contributed by atoms with E-state index in [1.54, 1.807) is 4.90 Å². The van der Waals surface area contributed by atoms with Gasteiger partial charge in [-0.15, -0.1) is 0 Å². The van der Waals surface area contributed by atoms with Crippen LogP contribution in [0.5, 0.6) is 0 Å². The van der Waals surface area contributed by atoms with Crippen molar-refractivity contribution < 1.29 is 14.7 Å². The summed E-state index contributed by atoms with van der Waals surface area (Å²) < 4.78 is 0. The lowest BCUT2D eigenvalue weighted by Gasteiger charge is -2.31. The summed E-state index contributed by atoms with van der Waals surface area (Å²) in [6.45, 7) is 6.67. The minimum absolute atomic E-state index is 0.00123. The maximum absolute atomic E-state index is 12.4. The predicted molar refractivity (Wildman–Crippen MR) is 76.3 cm³/mol. The Morgan fingerprint density at radius 1 is 1.25 bits per heavy atom. The van der Waals surface area contributed by atoms with E-state index in [1.165, 1.54) is 0 Å². The highest BCUT2D eigenvalue weighted by Crippen LogP contribution is 2.58. The van der Waals surface area contributed by atoms with E-state index in [0.29, 0.717) is 5.92 Å². The molecule has 1 aliphatic heterocycles. The summed E-state index contributed by atoms with van der Waals surface area (Å²) in [7, 11) is 3.93. The number of hydrogen-bond acceptors (Lipinski definition) is 3. The van der Waals surface area contributed by atoms with Crippen molar-refractivity contribution in [1.29, 1.82) is 0 Å². The van der Waals surface area contributed by atoms with Crippen molar-refractivity contribution in [2.24, 2.45) is 23.2 Å². The third-order valence-electron chi connectivity index (χ3n) is 5.11. The molecule has 0 aromatic carbocycles. The summed E-state index contributed by atoms with van der Waals surface area (Å²) in [4.78, 5) is 27.7. The maximum Gasteiger partial charge on any atom is 0.307 e. The average molecular weight is 282 g/mol. The van der Waals surface area contributed by atoms with Gasteiger partial charge in [-0.25, -0.2) is 0 Å². The minimum Gasteiger partial charge on any atom is -0.481 e. The van der Waals surface area contributed by atoms with Gasteiger partial charge in [-0.2, -0.15) is 0 Å². The molecule has 114 valence electrons. The minimum atomic E-state index is -0.846. The molecule has 20 heavy (non-hydrogen) atoms. The van der Waals surface area contributed by atoms with Gasteiger partial charge in [-0.05, 0) is 44.3 Å². The summed E-state index contributed by atoms with van der Waals surface area (Å²) >= 11 is 0. The van der Waals surface area contributed by atoms with Gasteiger partial charge < -0.3 is 14.9 Å². The highest BCUT2D eigenvalue weighted by Gasteiger charge is 2.66. The quantitative estimate of drug-likeness (QED) is 0.840. The number of carbonyl (C=O) groups excluding carboxylic acids is 1. The van der Waals surface area contributed by atoms with Gasteiger partial charge in [0, 0.05) is 13.6 Å². The Morgan fingerprint density at radius 3 is 2.25 bits per heavy atom. The van der Waals surface area contributed by atoms with Gasteiger partial charge in [-0.1, -0.05) is 13.8 Å². The van der Waals surface area contributed by atoms with Crippen LogP contribution in [0.3, 0.4) is 0 Å². The molecule has 1 N–H and O–H groups in total. The second-order valence-electron chi connectivity index (χ2n) is 7.08. The van der Waals surface area contributed by atoms with Crippen LogP contribution in [0, 0.1) is 23.2 Å². The Labute approximate surface area is 120 Å². The summed E-state index contributed by atoms with van der Waals surface area (Å²) in [5, 5.41) is 9.16. The van der Waals surface area contributed by atoms with Crippen LogP contribution in [-0.2, 0) is 9.59 Å². The molecule has 0 aromatic rings. The van der Waals surface area contributed by atoms with Crippen LogP contribution >= 0.6 is 0 Å². The second-order valence-corrected chi connectivity index (χ2v) is 7.08. The lowest BCUT2D eigenvalue weighted by molar-refractivity contribution is -0.141. The number of carbonyl (C=O) groups is 2. The number of carboxylic acids is 1. The van der Waals surface area contributed by atoms with Crippen LogP contribution in [0.2, 0.25) is 0 Å². The molecule has 0 radical (unpaired) electrons. The average Bonchev–Trinajstić information content (AvgIpc) is 2.94. The lowest BCUT2D eigenvalue weighted by Crippen LogP contribution is -2.39. The molecule has 5 nitrogen and oxygen atoms in total. The number of nitrogens with zero attached hydrogens (tertiary/aromatic N) is 2. The number of piperidine rings is 1. The van der Waals surface area contributed by atoms with Gasteiger partial charge in [-0.3, -0.25) is 9.59 Å². The first-order chi connectivity index (χ1) is 9.25. The lowest BCUT2D eigenvalue weighted by atomic mass is 9.96. The van der Waals surface area contributed by atoms with E-state index < -0.39 is 17.3 Å². The van der Waals surface area contributed by atoms with Crippen molar-refractivity contribution in [3.8, 4) is 0 Å². The molecule has 5 heteroatoms. The first kappa shape index (κ1) is 15.3. The fourth-order valence-corrected chi connectivity index (χ4v) is 3.52. The highest BCUT2D eigenvalue weighted by molar-refractivity contribution is 5.91. The molecule has 2 rings (SSSR count). The Hall–Kier alpha value is -1.10. The van der Waals surface area contributed by atoms with Gasteiger partial charge in [0.2, 0.25) is 5.91 Å². The van der Waals surface area contributed by atoms with E-state index in [9.17, 15) is 9.59 Å². The van der Waals surface area contributed by atoms with Crippen LogP contribution in [0.4, 0.5) is 0 Å². The Balaban J connectivity index is 1.89. The van der Waals surface area contributed by atoms with Gasteiger partial charge in [0.15, 0.2) is 0 Å². The predicted octanol–water partition coefficient (Wildman–Crippen LogP) is 1.14. The Bertz CT molecular complexity index is 400. The second kappa shape index (κ2) is 5.35. The van der Waals surface area contributed by atoms with E-state index in [0.717, 1.165) is 32.5 Å². The zero-order chi connectivity index (χ0) is 15.1. The number of carboxylic acid groups (broad SMARTS) is 1. The molecule has 1 amide bonds. The molecule has 2 aliphatic rings. The summed E-state index contributed by atoms with van der Waals surface area (Å²) in [5.41, 5.74) is -0.399. The molecule has 0 aromatic heterocycles. The molecule has 1 heterocycles. The Kier molecular flexibility index (Phi) is 4.09. The fourth-order valence-electron chi connectivity index (χ4n) is 3.52. The molecule has 2 fully saturated rings. The van der Waals surface area contributed by atoms with E-state index >= 15 is 0 Å². The molecule has 1 saturated carbocycles. The molecule has 0 spiro atoms. The third-order valence-corrected chi connectivity index (χ3v) is 5.11. The van der Waals surface area contributed by atoms with Crippen molar-refractivity contribution in [1.82, 2.24) is 9.80 Å². The van der Waals surface area contributed by atoms with Gasteiger partial charge in [0.05, 0.1) is 11.8 Å². The maximum atomic E-state index is 12.4. The third kappa shape index (κ3) is 2.82. The first-order valence-electron chi connectivity index (χ1n) is 7.41. The Morgan fingerprint density at radius 2 is 1.80 bits per heavy atom. The first-order valence-corrected chi connectivity index (χ1v) is 7.41. The normalized spacial score (nSPS) is 30.0. The summed E-state index contributed by atoms with van der Waals surface area (Å²) in [5.74, 6) is -1.17. The molecule has 1 aliphatic carbocycles. The number of likely N-dealkylation sites (tertiary alicyclic amines) is 1. The van der Waals surface area contributed by atoms with Crippen molar-refractivity contribution in [2.75, 3.05) is 33.7 Å². The van der Waals surface area contributed by atoms with Crippen molar-refractivity contribution in [2.45, 2.75) is 26.7 Å². The van der Waals surface area contributed by atoms with Crippen LogP contribution in [0.1, 0.15) is 26.7 Å². The smallest absolute Gasteiger partial charge is 0.307 e. The molecule has 0 unspecified atom stereocenters. The standard InChI is InChI=1S/C15H26N2O3/c1-15(2)11(12(15)14(19)20)13(18)17(4)9-10-5-7-16(3)8-6-10/h10-12H,5-9H2,1-4H3,(H,19,20)/t11-,12+/m1/s1. The van der Waals surface area contributed by atoms with Crippen molar-refractivity contribution >= 4 is 11.9 Å². The number of hydrogen-bond donors (Lipinski definition) is 1. The number of rotatable bonds is 4. The zero-order valence-corrected chi connectivity index (χ0v) is 12.9. The van der Waals surface area contributed by atoms with Gasteiger partial charge in [0.1, 0.15) is 0 Å². The van der Waals surface area contributed by atoms with Crippen LogP contribution in [-0.4, -0.2) is 60.5 Å². The van der Waals surface area contributed by atoms with Crippen molar-refractivity contribution in [3.05, 3.63) is 0 Å². The van der Waals surface area contributed by atoms with Gasteiger partial charge in [0.25, 0.3) is 0 Å². The SMILES string of the molecule is CN1CCC(CN(C)C(=O)[C@H]2[C@@H](C(=O)O)C2(C)C)CC1. The monoisotopic (exact) mass is 282 g/mol. The molecule has 1 saturated heterocycles. The number of amides is 1. The van der Waals surface area contributed by atoms with E-state index in [4.69, 9.17) is 5.11 Å². The van der Waals surface area contributed by atoms with E-state index in [2.05, 4.69) is 11.9 Å². The van der Waals surface area contributed by atoms with Crippen LogP contribution in [0.25, 0.3) is 0 Å². The fraction of sp³-hybridized carbons (Fsp3) is 0.867. The molecular formula is C15H26N2O3. The number of aliphatic carboxylic acids is 1. The summed E-state index contributed by atoms with van der Waals surface area (Å²) in [6.07, 6.45) is 2.23. The van der Waals surface area contributed by atoms with Crippen LogP contribution in [0.15, 0.2) is 0 Å². The van der Waals surface area contributed by atoms with Gasteiger partial charge >= 0.3 is 5.97 Å². The highest BCUT2D eigenvalue weighted by atomic mass is 16.4. The topological polar surface area (TPSA) is 60.9 Å². The molecule has 0 bridgehead atoms. The molecule has 2 atom stereocenters. The summed E-state index contributed by atoms with van der Waals surface area (Å²) in [6, 6.07) is 0. The van der Waals surface area contributed by atoms with E-state index in [1.807, 2.05) is 20.9 Å². The molecular weight excluding hydrogens is 256 g/mol.